The molecule has 0 fully saturated rings. The van der Waals surface area contributed by atoms with Crippen LogP contribution >= 0.6 is 0 Å². The fourth-order valence-electron chi connectivity index (χ4n) is 2.02. The Morgan fingerprint density at radius 2 is 1.72 bits per heavy atom. The first kappa shape index (κ1) is 14.9. The molecular formula is C16H25NO. The van der Waals surface area contributed by atoms with E-state index in [-0.39, 0.29) is 5.78 Å². The standard InChI is InChI=1S/C16H25NO/c1-3-4-8-13-17(2)14-9-12-16(18)15-10-6-5-7-11-15/h5-7,10-11H,3-4,8-9,12-14H2,1-2H3. The molecule has 0 aliphatic carbocycles. The molecule has 0 heterocycles. The van der Waals surface area contributed by atoms with Crippen LogP contribution in [0.2, 0.25) is 0 Å². The summed E-state index contributed by atoms with van der Waals surface area (Å²) in [6.07, 6.45) is 5.44. The van der Waals surface area contributed by atoms with Crippen molar-refractivity contribution in [2.75, 3.05) is 20.1 Å². The predicted octanol–water partition coefficient (Wildman–Crippen LogP) is 3.77. The van der Waals surface area contributed by atoms with Crippen LogP contribution in [0.5, 0.6) is 0 Å². The molecule has 0 amide bonds. The van der Waals surface area contributed by atoms with Crippen LogP contribution in [0.3, 0.4) is 0 Å². The number of carbonyl (C=O) groups excluding carboxylic acids is 1. The molecular weight excluding hydrogens is 222 g/mol. The van der Waals surface area contributed by atoms with Gasteiger partial charge in [0.25, 0.3) is 0 Å². The van der Waals surface area contributed by atoms with Gasteiger partial charge in [-0.05, 0) is 33.0 Å². The molecule has 0 aromatic heterocycles. The molecule has 0 aliphatic rings. The largest absolute Gasteiger partial charge is 0.306 e. The topological polar surface area (TPSA) is 20.3 Å². The molecule has 18 heavy (non-hydrogen) atoms. The van der Waals surface area contributed by atoms with Crippen molar-refractivity contribution in [1.82, 2.24) is 4.90 Å². The minimum Gasteiger partial charge on any atom is -0.306 e. The molecule has 1 rings (SSSR count). The predicted molar refractivity (Wildman–Crippen MR) is 77.0 cm³/mol. The Labute approximate surface area is 111 Å². The maximum atomic E-state index is 11.9. The quantitative estimate of drug-likeness (QED) is 0.489. The fourth-order valence-corrected chi connectivity index (χ4v) is 2.02. The first-order valence-electron chi connectivity index (χ1n) is 7.01. The number of unbranched alkanes of at least 4 members (excludes halogenated alkanes) is 2. The fraction of sp³-hybridized carbons (Fsp3) is 0.562. The minimum atomic E-state index is 0.262. The van der Waals surface area contributed by atoms with E-state index in [1.165, 1.54) is 19.3 Å². The molecule has 0 spiro atoms. The van der Waals surface area contributed by atoms with E-state index in [2.05, 4.69) is 18.9 Å². The lowest BCUT2D eigenvalue weighted by molar-refractivity contribution is 0.0976. The second kappa shape index (κ2) is 8.87. The molecule has 0 radical (unpaired) electrons. The van der Waals surface area contributed by atoms with Crippen molar-refractivity contribution in [1.29, 1.82) is 0 Å². The number of ketones is 1. The van der Waals surface area contributed by atoms with Crippen LogP contribution in [0.25, 0.3) is 0 Å². The van der Waals surface area contributed by atoms with Gasteiger partial charge in [-0.1, -0.05) is 50.1 Å². The van der Waals surface area contributed by atoms with Crippen LogP contribution in [0.1, 0.15) is 49.4 Å². The van der Waals surface area contributed by atoms with Crippen LogP contribution in [0, 0.1) is 0 Å². The van der Waals surface area contributed by atoms with Crippen LogP contribution in [-0.2, 0) is 0 Å². The van der Waals surface area contributed by atoms with Gasteiger partial charge in [0.2, 0.25) is 0 Å². The highest BCUT2D eigenvalue weighted by atomic mass is 16.1. The van der Waals surface area contributed by atoms with Gasteiger partial charge in [0.05, 0.1) is 0 Å². The molecule has 2 nitrogen and oxygen atoms in total. The maximum Gasteiger partial charge on any atom is 0.162 e. The van der Waals surface area contributed by atoms with E-state index in [0.717, 1.165) is 25.1 Å². The zero-order valence-electron chi connectivity index (χ0n) is 11.7. The first-order valence-corrected chi connectivity index (χ1v) is 7.01. The van der Waals surface area contributed by atoms with Crippen molar-refractivity contribution >= 4 is 5.78 Å². The number of nitrogens with zero attached hydrogens (tertiary/aromatic N) is 1. The minimum absolute atomic E-state index is 0.262. The highest BCUT2D eigenvalue weighted by molar-refractivity contribution is 5.95. The van der Waals surface area contributed by atoms with Crippen molar-refractivity contribution < 1.29 is 4.79 Å². The lowest BCUT2D eigenvalue weighted by Crippen LogP contribution is -2.21. The normalized spacial score (nSPS) is 10.8. The summed E-state index contributed by atoms with van der Waals surface area (Å²) in [5.41, 5.74) is 0.839. The Morgan fingerprint density at radius 1 is 1.06 bits per heavy atom. The van der Waals surface area contributed by atoms with E-state index in [0.29, 0.717) is 6.42 Å². The van der Waals surface area contributed by atoms with Gasteiger partial charge >= 0.3 is 0 Å². The summed E-state index contributed by atoms with van der Waals surface area (Å²) in [7, 11) is 2.14. The summed E-state index contributed by atoms with van der Waals surface area (Å²) in [5.74, 6) is 0.262. The van der Waals surface area contributed by atoms with Crippen molar-refractivity contribution in [3.8, 4) is 0 Å². The van der Waals surface area contributed by atoms with E-state index in [9.17, 15) is 4.79 Å². The zero-order chi connectivity index (χ0) is 13.2. The van der Waals surface area contributed by atoms with E-state index < -0.39 is 0 Å². The molecule has 0 saturated carbocycles. The van der Waals surface area contributed by atoms with E-state index in [1.54, 1.807) is 0 Å². The second-order valence-corrected chi connectivity index (χ2v) is 4.90. The number of carbonyl (C=O) groups is 1. The average Bonchev–Trinajstić information content (AvgIpc) is 2.40. The van der Waals surface area contributed by atoms with Crippen LogP contribution in [-0.4, -0.2) is 30.8 Å². The Morgan fingerprint density at radius 3 is 2.39 bits per heavy atom. The summed E-state index contributed by atoms with van der Waals surface area (Å²) in [4.78, 5) is 14.2. The summed E-state index contributed by atoms with van der Waals surface area (Å²) in [6, 6.07) is 9.58. The van der Waals surface area contributed by atoms with Gasteiger partial charge < -0.3 is 4.90 Å². The Kier molecular flexibility index (Phi) is 7.35. The van der Waals surface area contributed by atoms with Gasteiger partial charge in [-0.3, -0.25) is 4.79 Å². The Bertz CT molecular complexity index is 334. The zero-order valence-corrected chi connectivity index (χ0v) is 11.7. The average molecular weight is 247 g/mol. The van der Waals surface area contributed by atoms with E-state index in [1.807, 2.05) is 30.3 Å². The van der Waals surface area contributed by atoms with Crippen molar-refractivity contribution in [2.24, 2.45) is 0 Å². The van der Waals surface area contributed by atoms with Gasteiger partial charge in [-0.25, -0.2) is 0 Å². The molecule has 1 aromatic rings. The molecule has 0 aliphatic heterocycles. The highest BCUT2D eigenvalue weighted by Gasteiger charge is 2.05. The lowest BCUT2D eigenvalue weighted by Gasteiger charge is -2.15. The van der Waals surface area contributed by atoms with Crippen molar-refractivity contribution in [3.05, 3.63) is 35.9 Å². The van der Waals surface area contributed by atoms with E-state index >= 15 is 0 Å². The van der Waals surface area contributed by atoms with Crippen LogP contribution in [0.4, 0.5) is 0 Å². The van der Waals surface area contributed by atoms with Crippen LogP contribution in [0.15, 0.2) is 30.3 Å². The smallest absolute Gasteiger partial charge is 0.162 e. The third-order valence-corrected chi connectivity index (χ3v) is 3.18. The van der Waals surface area contributed by atoms with Gasteiger partial charge in [0.1, 0.15) is 0 Å². The van der Waals surface area contributed by atoms with Gasteiger partial charge in [0, 0.05) is 12.0 Å². The molecule has 0 atom stereocenters. The molecule has 0 saturated heterocycles. The molecule has 100 valence electrons. The van der Waals surface area contributed by atoms with Gasteiger partial charge in [-0.15, -0.1) is 0 Å². The summed E-state index contributed by atoms with van der Waals surface area (Å²) < 4.78 is 0. The summed E-state index contributed by atoms with van der Waals surface area (Å²) in [5, 5.41) is 0. The van der Waals surface area contributed by atoms with Gasteiger partial charge in [-0.2, -0.15) is 0 Å². The lowest BCUT2D eigenvalue weighted by atomic mass is 10.1. The number of Topliss-reactive ketones (excluding diaryl/α,β-unsaturated/α-hetero) is 1. The van der Waals surface area contributed by atoms with E-state index in [4.69, 9.17) is 0 Å². The monoisotopic (exact) mass is 247 g/mol. The number of hydrogen-bond donors (Lipinski definition) is 0. The molecule has 0 bridgehead atoms. The number of benzene rings is 1. The Balaban J connectivity index is 2.16. The molecule has 0 unspecified atom stereocenters. The van der Waals surface area contributed by atoms with Crippen molar-refractivity contribution in [2.45, 2.75) is 39.0 Å². The number of hydrogen-bond acceptors (Lipinski definition) is 2. The third-order valence-electron chi connectivity index (χ3n) is 3.18. The summed E-state index contributed by atoms with van der Waals surface area (Å²) in [6.45, 7) is 4.38. The number of rotatable bonds is 9. The van der Waals surface area contributed by atoms with Gasteiger partial charge in [0.15, 0.2) is 5.78 Å². The SMILES string of the molecule is CCCCCN(C)CCCC(=O)c1ccccc1. The second-order valence-electron chi connectivity index (χ2n) is 4.90. The van der Waals surface area contributed by atoms with Crippen molar-refractivity contribution in [3.63, 3.8) is 0 Å². The Hall–Kier alpha value is -1.15. The highest BCUT2D eigenvalue weighted by Crippen LogP contribution is 2.06. The third kappa shape index (κ3) is 5.97. The molecule has 2 heteroatoms. The first-order chi connectivity index (χ1) is 8.74. The molecule has 1 aromatic carbocycles. The van der Waals surface area contributed by atoms with Crippen LogP contribution < -0.4 is 0 Å². The molecule has 0 N–H and O–H groups in total. The summed E-state index contributed by atoms with van der Waals surface area (Å²) >= 11 is 0. The maximum absolute atomic E-state index is 11.9.